The highest BCUT2D eigenvalue weighted by atomic mass is 32.2. The molecule has 0 fully saturated rings. The Bertz CT molecular complexity index is 667. The van der Waals surface area contributed by atoms with Gasteiger partial charge in [0.25, 0.3) is 0 Å². The van der Waals surface area contributed by atoms with Crippen molar-refractivity contribution in [3.63, 3.8) is 0 Å². The Balaban J connectivity index is 2.30. The standard InChI is InChI=1S/C11H16N4O3S/c1-7-10(9(3)18-14-7)6-15(4)19(16,17)11-5-12-13-8(11)2/h5H,6H2,1-4H3,(H,12,13). The molecule has 2 aromatic heterocycles. The van der Waals surface area contributed by atoms with Crippen LogP contribution in [0.5, 0.6) is 0 Å². The van der Waals surface area contributed by atoms with Crippen LogP contribution in [0.2, 0.25) is 0 Å². The van der Waals surface area contributed by atoms with Gasteiger partial charge >= 0.3 is 0 Å². The van der Waals surface area contributed by atoms with Crippen LogP contribution >= 0.6 is 0 Å². The van der Waals surface area contributed by atoms with Crippen LogP contribution in [-0.2, 0) is 16.6 Å². The number of H-pyrrole nitrogens is 1. The number of aromatic nitrogens is 3. The van der Waals surface area contributed by atoms with Crippen molar-refractivity contribution in [2.24, 2.45) is 0 Å². The van der Waals surface area contributed by atoms with Gasteiger partial charge in [0.1, 0.15) is 10.7 Å². The predicted octanol–water partition coefficient (Wildman–Crippen LogP) is 1.14. The van der Waals surface area contributed by atoms with Crippen LogP contribution in [0, 0.1) is 20.8 Å². The van der Waals surface area contributed by atoms with E-state index in [0.29, 0.717) is 17.1 Å². The summed E-state index contributed by atoms with van der Waals surface area (Å²) in [6.45, 7) is 5.44. The van der Waals surface area contributed by atoms with Gasteiger partial charge in [-0.3, -0.25) is 5.10 Å². The van der Waals surface area contributed by atoms with E-state index in [1.807, 2.05) is 0 Å². The third-order valence-electron chi connectivity index (χ3n) is 3.03. The molecular weight excluding hydrogens is 268 g/mol. The highest BCUT2D eigenvalue weighted by molar-refractivity contribution is 7.89. The molecule has 0 aliphatic heterocycles. The first kappa shape index (κ1) is 13.8. The van der Waals surface area contributed by atoms with Gasteiger partial charge in [0, 0.05) is 19.2 Å². The van der Waals surface area contributed by atoms with Crippen LogP contribution in [0.1, 0.15) is 22.7 Å². The highest BCUT2D eigenvalue weighted by Crippen LogP contribution is 2.21. The summed E-state index contributed by atoms with van der Waals surface area (Å²) in [7, 11) is -2.04. The van der Waals surface area contributed by atoms with Gasteiger partial charge in [-0.15, -0.1) is 0 Å². The summed E-state index contributed by atoms with van der Waals surface area (Å²) in [4.78, 5) is 0.182. The Hall–Kier alpha value is -1.67. The molecule has 0 atom stereocenters. The topological polar surface area (TPSA) is 92.1 Å². The van der Waals surface area contributed by atoms with E-state index in [2.05, 4.69) is 15.4 Å². The smallest absolute Gasteiger partial charge is 0.246 e. The van der Waals surface area contributed by atoms with Crippen LogP contribution in [0.25, 0.3) is 0 Å². The normalized spacial score (nSPS) is 12.3. The average molecular weight is 284 g/mol. The van der Waals surface area contributed by atoms with Gasteiger partial charge in [-0.1, -0.05) is 5.16 Å². The molecule has 19 heavy (non-hydrogen) atoms. The molecule has 1 N–H and O–H groups in total. The van der Waals surface area contributed by atoms with Gasteiger partial charge in [-0.2, -0.15) is 9.40 Å². The third-order valence-corrected chi connectivity index (χ3v) is 4.95. The Morgan fingerprint density at radius 1 is 1.37 bits per heavy atom. The average Bonchev–Trinajstić information content (AvgIpc) is 2.90. The Morgan fingerprint density at radius 3 is 2.53 bits per heavy atom. The molecule has 0 spiro atoms. The van der Waals surface area contributed by atoms with Gasteiger partial charge in [-0.05, 0) is 20.8 Å². The predicted molar refractivity (Wildman–Crippen MR) is 68.0 cm³/mol. The van der Waals surface area contributed by atoms with E-state index in [9.17, 15) is 8.42 Å². The second kappa shape index (κ2) is 4.78. The number of nitrogens with zero attached hydrogens (tertiary/aromatic N) is 3. The van der Waals surface area contributed by atoms with Gasteiger partial charge in [0.15, 0.2) is 0 Å². The lowest BCUT2D eigenvalue weighted by Gasteiger charge is -2.16. The number of hydrogen-bond acceptors (Lipinski definition) is 5. The number of aromatic amines is 1. The van der Waals surface area contributed by atoms with E-state index in [1.165, 1.54) is 17.5 Å². The zero-order valence-corrected chi connectivity index (χ0v) is 12.1. The Labute approximate surface area is 111 Å². The number of nitrogens with one attached hydrogen (secondary N) is 1. The summed E-state index contributed by atoms with van der Waals surface area (Å²) < 4.78 is 31.1. The van der Waals surface area contributed by atoms with Crippen LogP contribution in [-0.4, -0.2) is 35.1 Å². The lowest BCUT2D eigenvalue weighted by molar-refractivity contribution is 0.390. The molecule has 0 bridgehead atoms. The first-order valence-corrected chi connectivity index (χ1v) is 7.16. The van der Waals surface area contributed by atoms with E-state index in [-0.39, 0.29) is 11.4 Å². The number of rotatable bonds is 4. The monoisotopic (exact) mass is 284 g/mol. The van der Waals surface area contributed by atoms with Crippen molar-refractivity contribution < 1.29 is 12.9 Å². The van der Waals surface area contributed by atoms with Crippen molar-refractivity contribution in [1.82, 2.24) is 19.7 Å². The van der Waals surface area contributed by atoms with Crippen molar-refractivity contribution in [3.8, 4) is 0 Å². The summed E-state index contributed by atoms with van der Waals surface area (Å²) in [5, 5.41) is 10.2. The van der Waals surface area contributed by atoms with Crippen LogP contribution < -0.4 is 0 Å². The molecule has 0 saturated carbocycles. The lowest BCUT2D eigenvalue weighted by Crippen LogP contribution is -2.27. The lowest BCUT2D eigenvalue weighted by atomic mass is 10.2. The molecule has 0 radical (unpaired) electrons. The molecule has 0 aliphatic rings. The van der Waals surface area contributed by atoms with Crippen molar-refractivity contribution in [1.29, 1.82) is 0 Å². The molecule has 0 unspecified atom stereocenters. The van der Waals surface area contributed by atoms with Crippen molar-refractivity contribution >= 4 is 10.0 Å². The molecule has 7 nitrogen and oxygen atoms in total. The molecule has 0 aliphatic carbocycles. The first-order chi connectivity index (χ1) is 8.84. The molecule has 0 aromatic carbocycles. The molecule has 2 rings (SSSR count). The summed E-state index contributed by atoms with van der Waals surface area (Å²) in [5.41, 5.74) is 2.00. The van der Waals surface area contributed by atoms with Crippen molar-refractivity contribution in [2.75, 3.05) is 7.05 Å². The van der Waals surface area contributed by atoms with Crippen LogP contribution in [0.3, 0.4) is 0 Å². The summed E-state index contributed by atoms with van der Waals surface area (Å²) in [6.07, 6.45) is 1.31. The molecule has 2 aromatic rings. The molecule has 0 saturated heterocycles. The first-order valence-electron chi connectivity index (χ1n) is 5.72. The zero-order chi connectivity index (χ0) is 14.2. The molecule has 104 valence electrons. The Kier molecular flexibility index (Phi) is 3.46. The van der Waals surface area contributed by atoms with Crippen molar-refractivity contribution in [3.05, 3.63) is 28.9 Å². The van der Waals surface area contributed by atoms with E-state index in [1.54, 1.807) is 20.8 Å². The van der Waals surface area contributed by atoms with Crippen molar-refractivity contribution in [2.45, 2.75) is 32.2 Å². The second-order valence-corrected chi connectivity index (χ2v) is 6.44. The van der Waals surface area contributed by atoms with Crippen LogP contribution in [0.15, 0.2) is 15.6 Å². The highest BCUT2D eigenvalue weighted by Gasteiger charge is 2.26. The van der Waals surface area contributed by atoms with E-state index in [0.717, 1.165) is 5.56 Å². The summed E-state index contributed by atoms with van der Waals surface area (Å²) in [5.74, 6) is 0.628. The quantitative estimate of drug-likeness (QED) is 0.909. The molecule has 0 amide bonds. The fourth-order valence-electron chi connectivity index (χ4n) is 1.80. The summed E-state index contributed by atoms with van der Waals surface area (Å²) in [6, 6.07) is 0. The molecule has 8 heteroatoms. The molecular formula is C11H16N4O3S. The van der Waals surface area contributed by atoms with Crippen LogP contribution in [0.4, 0.5) is 0 Å². The van der Waals surface area contributed by atoms with E-state index >= 15 is 0 Å². The zero-order valence-electron chi connectivity index (χ0n) is 11.3. The van der Waals surface area contributed by atoms with E-state index < -0.39 is 10.0 Å². The van der Waals surface area contributed by atoms with Gasteiger partial charge in [-0.25, -0.2) is 8.42 Å². The third kappa shape index (κ3) is 2.41. The maximum absolute atomic E-state index is 12.4. The maximum atomic E-state index is 12.4. The van der Waals surface area contributed by atoms with Gasteiger partial charge in [0.05, 0.1) is 17.6 Å². The minimum atomic E-state index is -3.57. The van der Waals surface area contributed by atoms with Gasteiger partial charge < -0.3 is 4.52 Å². The maximum Gasteiger partial charge on any atom is 0.246 e. The summed E-state index contributed by atoms with van der Waals surface area (Å²) >= 11 is 0. The minimum Gasteiger partial charge on any atom is -0.361 e. The Morgan fingerprint density at radius 2 is 2.05 bits per heavy atom. The second-order valence-electron chi connectivity index (χ2n) is 4.42. The number of sulfonamides is 1. The van der Waals surface area contributed by atoms with E-state index in [4.69, 9.17) is 4.52 Å². The minimum absolute atomic E-state index is 0.182. The molecule has 2 heterocycles. The number of aryl methyl sites for hydroxylation is 3. The fraction of sp³-hybridized carbons (Fsp3) is 0.455. The SMILES string of the molecule is Cc1noc(C)c1CN(C)S(=O)(=O)c1cn[nH]c1C. The van der Waals surface area contributed by atoms with Gasteiger partial charge in [0.2, 0.25) is 10.0 Å². The fourth-order valence-corrected chi connectivity index (χ4v) is 3.06. The number of hydrogen-bond donors (Lipinski definition) is 1. The largest absolute Gasteiger partial charge is 0.361 e.